The molecular formula is C20H20BClFNO4. The van der Waals surface area contributed by atoms with Gasteiger partial charge in [-0.25, -0.2) is 4.39 Å². The molecule has 1 amide bonds. The van der Waals surface area contributed by atoms with Crippen LogP contribution in [0.3, 0.4) is 0 Å². The molecule has 0 aromatic heterocycles. The molecule has 1 aliphatic rings. The maximum atomic E-state index is 13.9. The normalized spacial score (nSPS) is 15.6. The highest BCUT2D eigenvalue weighted by molar-refractivity contribution is 6.43. The van der Waals surface area contributed by atoms with Gasteiger partial charge in [-0.05, 0) is 55.2 Å². The van der Waals surface area contributed by atoms with Gasteiger partial charge in [-0.3, -0.25) is 9.59 Å². The summed E-state index contributed by atoms with van der Waals surface area (Å²) in [5, 5.41) is 22.6. The van der Waals surface area contributed by atoms with Crippen molar-refractivity contribution in [1.82, 2.24) is 5.32 Å². The lowest BCUT2D eigenvalue weighted by Crippen LogP contribution is -2.44. The standard InChI is InChI=1S/C20H20BClFNO4/c22-16-7-5-13(6-8-16)19(26)24-20(9-10-20)18(25)12-15(21(27)28)11-14-3-1-2-4-17(14)23/h1-8,15,27-28H,9-12H2,(H,24,26)/t15-/m1/s1. The molecule has 0 radical (unpaired) electrons. The lowest BCUT2D eigenvalue weighted by Gasteiger charge is -2.21. The first kappa shape index (κ1) is 20.5. The summed E-state index contributed by atoms with van der Waals surface area (Å²) < 4.78 is 13.9. The van der Waals surface area contributed by atoms with Crippen LogP contribution in [0.2, 0.25) is 10.8 Å². The van der Waals surface area contributed by atoms with Gasteiger partial charge in [0.15, 0.2) is 5.78 Å². The van der Waals surface area contributed by atoms with E-state index in [0.717, 1.165) is 0 Å². The third-order valence-electron chi connectivity index (χ3n) is 5.05. The maximum absolute atomic E-state index is 13.9. The van der Waals surface area contributed by atoms with Crippen molar-refractivity contribution < 1.29 is 24.0 Å². The van der Waals surface area contributed by atoms with Crippen molar-refractivity contribution in [1.29, 1.82) is 0 Å². The first-order chi connectivity index (χ1) is 13.3. The van der Waals surface area contributed by atoms with Gasteiger partial charge in [0.25, 0.3) is 5.91 Å². The smallest absolute Gasteiger partial charge is 0.427 e. The first-order valence-electron chi connectivity index (χ1n) is 9.02. The fourth-order valence-electron chi connectivity index (χ4n) is 3.15. The van der Waals surface area contributed by atoms with Crippen LogP contribution in [0.15, 0.2) is 48.5 Å². The lowest BCUT2D eigenvalue weighted by atomic mass is 9.66. The number of nitrogens with one attached hydrogen (secondary N) is 1. The number of ketones is 1. The number of hydrogen-bond acceptors (Lipinski definition) is 4. The Morgan fingerprint density at radius 3 is 2.36 bits per heavy atom. The van der Waals surface area contributed by atoms with Gasteiger partial charge < -0.3 is 15.4 Å². The predicted octanol–water partition coefficient (Wildman–Crippen LogP) is 2.79. The van der Waals surface area contributed by atoms with Gasteiger partial charge in [-0.15, -0.1) is 0 Å². The number of amides is 1. The van der Waals surface area contributed by atoms with Crippen LogP contribution in [-0.2, 0) is 11.2 Å². The molecule has 1 fully saturated rings. The second-order valence-electron chi connectivity index (χ2n) is 7.14. The molecule has 5 nitrogen and oxygen atoms in total. The third-order valence-corrected chi connectivity index (χ3v) is 5.30. The highest BCUT2D eigenvalue weighted by atomic mass is 35.5. The largest absolute Gasteiger partial charge is 0.455 e. The summed E-state index contributed by atoms with van der Waals surface area (Å²) in [4.78, 5) is 25.2. The minimum atomic E-state index is -1.77. The molecule has 28 heavy (non-hydrogen) atoms. The molecule has 3 N–H and O–H groups in total. The summed E-state index contributed by atoms with van der Waals surface area (Å²) >= 11 is 5.82. The van der Waals surface area contributed by atoms with E-state index in [1.54, 1.807) is 42.5 Å². The third kappa shape index (κ3) is 4.79. The van der Waals surface area contributed by atoms with E-state index in [0.29, 0.717) is 29.0 Å². The Hall–Kier alpha value is -2.22. The van der Waals surface area contributed by atoms with E-state index in [1.807, 2.05) is 0 Å². The summed E-state index contributed by atoms with van der Waals surface area (Å²) in [6.07, 6.45) is 0.808. The van der Waals surface area contributed by atoms with E-state index in [-0.39, 0.29) is 18.6 Å². The van der Waals surface area contributed by atoms with E-state index < -0.39 is 30.2 Å². The minimum Gasteiger partial charge on any atom is -0.427 e. The molecule has 0 saturated heterocycles. The molecular weight excluding hydrogens is 383 g/mol. The number of hydrogen-bond donors (Lipinski definition) is 3. The van der Waals surface area contributed by atoms with Gasteiger partial charge in [-0.2, -0.15) is 0 Å². The summed E-state index contributed by atoms with van der Waals surface area (Å²) in [5.74, 6) is -2.01. The van der Waals surface area contributed by atoms with Crippen LogP contribution < -0.4 is 5.32 Å². The second-order valence-corrected chi connectivity index (χ2v) is 7.58. The van der Waals surface area contributed by atoms with Crippen molar-refractivity contribution in [3.05, 3.63) is 70.5 Å². The summed E-state index contributed by atoms with van der Waals surface area (Å²) in [6, 6.07) is 12.3. The van der Waals surface area contributed by atoms with Crippen LogP contribution in [0.25, 0.3) is 0 Å². The fourth-order valence-corrected chi connectivity index (χ4v) is 3.28. The van der Waals surface area contributed by atoms with Crippen LogP contribution >= 0.6 is 11.6 Å². The molecule has 0 spiro atoms. The van der Waals surface area contributed by atoms with Crippen molar-refractivity contribution in [2.75, 3.05) is 0 Å². The molecule has 0 heterocycles. The zero-order chi connectivity index (χ0) is 20.3. The van der Waals surface area contributed by atoms with Crippen molar-refractivity contribution in [2.45, 2.75) is 37.0 Å². The molecule has 146 valence electrons. The van der Waals surface area contributed by atoms with Gasteiger partial charge in [-0.1, -0.05) is 29.8 Å². The van der Waals surface area contributed by atoms with Gasteiger partial charge in [0.05, 0.1) is 5.54 Å². The Morgan fingerprint density at radius 2 is 1.79 bits per heavy atom. The second kappa shape index (κ2) is 8.43. The van der Waals surface area contributed by atoms with Crippen LogP contribution in [0, 0.1) is 5.82 Å². The Bertz CT molecular complexity index is 871. The molecule has 0 bridgehead atoms. The summed E-state index contributed by atoms with van der Waals surface area (Å²) in [7, 11) is -1.77. The van der Waals surface area contributed by atoms with Crippen molar-refractivity contribution in [3.8, 4) is 0 Å². The Morgan fingerprint density at radius 1 is 1.14 bits per heavy atom. The van der Waals surface area contributed by atoms with Crippen LogP contribution in [0.1, 0.15) is 35.2 Å². The molecule has 2 aromatic rings. The molecule has 1 atom stereocenters. The summed E-state index contributed by atoms with van der Waals surface area (Å²) in [6.45, 7) is 0. The monoisotopic (exact) mass is 403 g/mol. The van der Waals surface area contributed by atoms with Crippen LogP contribution in [0.4, 0.5) is 4.39 Å². The van der Waals surface area contributed by atoms with Crippen molar-refractivity contribution in [2.24, 2.45) is 0 Å². The molecule has 3 rings (SSSR count). The Balaban J connectivity index is 1.66. The highest BCUT2D eigenvalue weighted by Crippen LogP contribution is 2.39. The molecule has 1 saturated carbocycles. The molecule has 1 aliphatic carbocycles. The molecule has 0 unspecified atom stereocenters. The number of halogens is 2. The van der Waals surface area contributed by atoms with Crippen molar-refractivity contribution in [3.63, 3.8) is 0 Å². The molecule has 0 aliphatic heterocycles. The number of rotatable bonds is 8. The zero-order valence-electron chi connectivity index (χ0n) is 15.1. The fraction of sp³-hybridized carbons (Fsp3) is 0.300. The van der Waals surface area contributed by atoms with Gasteiger partial charge in [0.1, 0.15) is 5.82 Å². The number of carbonyl (C=O) groups excluding carboxylic acids is 2. The van der Waals surface area contributed by atoms with E-state index >= 15 is 0 Å². The van der Waals surface area contributed by atoms with Crippen molar-refractivity contribution >= 4 is 30.4 Å². The van der Waals surface area contributed by atoms with Crippen LogP contribution in [-0.4, -0.2) is 34.4 Å². The zero-order valence-corrected chi connectivity index (χ0v) is 15.8. The van der Waals surface area contributed by atoms with Crippen LogP contribution in [0.5, 0.6) is 0 Å². The summed E-state index contributed by atoms with van der Waals surface area (Å²) in [5.41, 5.74) is -0.309. The predicted molar refractivity (Wildman–Crippen MR) is 105 cm³/mol. The average molecular weight is 404 g/mol. The van der Waals surface area contributed by atoms with Gasteiger partial charge in [0, 0.05) is 22.8 Å². The SMILES string of the molecule is O=C(NC1(C(=O)C[C@@H](Cc2ccccc2F)B(O)O)CC1)c1ccc(Cl)cc1. The lowest BCUT2D eigenvalue weighted by molar-refractivity contribution is -0.122. The highest BCUT2D eigenvalue weighted by Gasteiger charge is 2.51. The van der Waals surface area contributed by atoms with E-state index in [1.165, 1.54) is 6.07 Å². The average Bonchev–Trinajstić information content (AvgIpc) is 3.44. The van der Waals surface area contributed by atoms with E-state index in [4.69, 9.17) is 11.6 Å². The topological polar surface area (TPSA) is 86.6 Å². The van der Waals surface area contributed by atoms with E-state index in [9.17, 15) is 24.0 Å². The Labute approximate surface area is 167 Å². The number of benzene rings is 2. The maximum Gasteiger partial charge on any atom is 0.455 e. The molecule has 8 heteroatoms. The van der Waals surface area contributed by atoms with E-state index in [2.05, 4.69) is 5.32 Å². The Kier molecular flexibility index (Phi) is 6.18. The first-order valence-corrected chi connectivity index (χ1v) is 9.39. The van der Waals surface area contributed by atoms with Gasteiger partial charge >= 0.3 is 7.12 Å². The number of carbonyl (C=O) groups is 2. The minimum absolute atomic E-state index is 0.0112. The molecule has 2 aromatic carbocycles. The number of Topliss-reactive ketones (excluding diaryl/α,β-unsaturated/α-hetero) is 1. The quantitative estimate of drug-likeness (QED) is 0.592. The van der Waals surface area contributed by atoms with Gasteiger partial charge in [0.2, 0.25) is 0 Å².